The number of rotatable bonds is 7. The summed E-state index contributed by atoms with van der Waals surface area (Å²) in [7, 11) is 1.71. The van der Waals surface area contributed by atoms with E-state index < -0.39 is 0 Å². The van der Waals surface area contributed by atoms with Gasteiger partial charge in [0.1, 0.15) is 17.7 Å². The molecule has 3 rings (SSSR count). The Morgan fingerprint density at radius 3 is 2.61 bits per heavy atom. The third-order valence-corrected chi connectivity index (χ3v) is 5.03. The van der Waals surface area contributed by atoms with Crippen LogP contribution < -0.4 is 20.3 Å². The van der Waals surface area contributed by atoms with Crippen molar-refractivity contribution < 1.29 is 13.9 Å². The molecule has 0 aromatic heterocycles. The van der Waals surface area contributed by atoms with Gasteiger partial charge in [0.2, 0.25) is 0 Å². The fourth-order valence-electron chi connectivity index (χ4n) is 3.31. The van der Waals surface area contributed by atoms with Crippen LogP contribution in [0.5, 0.6) is 5.75 Å². The number of nitrogens with one attached hydrogen (secondary N) is 2. The van der Waals surface area contributed by atoms with Crippen molar-refractivity contribution in [1.29, 1.82) is 0 Å². The second-order valence-electron chi connectivity index (χ2n) is 7.39. The largest absolute Gasteiger partial charge is 0.489 e. The highest BCUT2D eigenvalue weighted by molar-refractivity contribution is 14.0. The summed E-state index contributed by atoms with van der Waals surface area (Å²) in [4.78, 5) is 6.26. The molecule has 0 spiro atoms. The van der Waals surface area contributed by atoms with E-state index in [1.54, 1.807) is 13.1 Å². The van der Waals surface area contributed by atoms with Crippen molar-refractivity contribution >= 4 is 35.6 Å². The Bertz CT molecular complexity index is 859. The number of aryl methyl sites for hydroxylation is 1. The normalized spacial score (nSPS) is 15.1. The van der Waals surface area contributed by atoms with Crippen LogP contribution >= 0.6 is 24.0 Å². The van der Waals surface area contributed by atoms with Gasteiger partial charge < -0.3 is 25.0 Å². The van der Waals surface area contributed by atoms with Crippen molar-refractivity contribution in [3.05, 3.63) is 59.4 Å². The maximum atomic E-state index is 14.6. The predicted molar refractivity (Wildman–Crippen MR) is 134 cm³/mol. The van der Waals surface area contributed by atoms with E-state index in [1.807, 2.05) is 55.1 Å². The van der Waals surface area contributed by atoms with E-state index in [0.717, 1.165) is 16.9 Å². The van der Waals surface area contributed by atoms with E-state index in [9.17, 15) is 4.39 Å². The van der Waals surface area contributed by atoms with Crippen LogP contribution in [0.15, 0.2) is 47.5 Å². The van der Waals surface area contributed by atoms with Gasteiger partial charge in [-0.1, -0.05) is 24.3 Å². The molecular formula is C23H32FIN4O2. The zero-order valence-electron chi connectivity index (χ0n) is 18.4. The summed E-state index contributed by atoms with van der Waals surface area (Å²) in [5.41, 5.74) is 2.60. The molecule has 1 heterocycles. The number of benzene rings is 2. The summed E-state index contributed by atoms with van der Waals surface area (Å²) >= 11 is 0. The molecule has 1 atom stereocenters. The van der Waals surface area contributed by atoms with Crippen molar-refractivity contribution in [1.82, 2.24) is 10.6 Å². The predicted octanol–water partition coefficient (Wildman–Crippen LogP) is 3.72. The molecule has 0 radical (unpaired) electrons. The highest BCUT2D eigenvalue weighted by Gasteiger charge is 2.15. The third-order valence-electron chi connectivity index (χ3n) is 5.03. The van der Waals surface area contributed by atoms with Crippen molar-refractivity contribution in [3.8, 4) is 5.75 Å². The first-order valence-electron chi connectivity index (χ1n) is 10.3. The highest BCUT2D eigenvalue weighted by atomic mass is 127. The molecule has 6 nitrogen and oxygen atoms in total. The van der Waals surface area contributed by atoms with Crippen LogP contribution in [0.4, 0.5) is 10.1 Å². The van der Waals surface area contributed by atoms with E-state index in [4.69, 9.17) is 9.47 Å². The standard InChI is InChI=1S/C23H31FN4O2.HI/c1-17-6-4-5-7-22(17)30-18(2)15-26-23(25-3)27-16-19-8-9-21(20(24)14-19)28-10-12-29-13-11-28;/h4-9,14,18H,10-13,15-16H2,1-3H3,(H2,25,26,27);1H. The average molecular weight is 542 g/mol. The van der Waals surface area contributed by atoms with Crippen molar-refractivity contribution in [2.75, 3.05) is 44.8 Å². The van der Waals surface area contributed by atoms with Gasteiger partial charge >= 0.3 is 0 Å². The quantitative estimate of drug-likeness (QED) is 0.318. The van der Waals surface area contributed by atoms with Crippen LogP contribution in [0.3, 0.4) is 0 Å². The first kappa shape index (κ1) is 25.2. The lowest BCUT2D eigenvalue weighted by Gasteiger charge is -2.29. The summed E-state index contributed by atoms with van der Waals surface area (Å²) in [6.07, 6.45) is -0.0325. The third kappa shape index (κ3) is 7.53. The highest BCUT2D eigenvalue weighted by Crippen LogP contribution is 2.21. The van der Waals surface area contributed by atoms with E-state index >= 15 is 0 Å². The first-order chi connectivity index (χ1) is 14.6. The van der Waals surface area contributed by atoms with E-state index in [1.165, 1.54) is 0 Å². The van der Waals surface area contributed by atoms with Gasteiger partial charge in [0.25, 0.3) is 0 Å². The number of halogens is 2. The Morgan fingerprint density at radius 1 is 1.19 bits per heavy atom. The number of hydrogen-bond acceptors (Lipinski definition) is 4. The molecule has 2 aromatic carbocycles. The molecule has 2 N–H and O–H groups in total. The molecule has 8 heteroatoms. The zero-order valence-corrected chi connectivity index (χ0v) is 20.7. The maximum absolute atomic E-state index is 14.6. The van der Waals surface area contributed by atoms with E-state index in [-0.39, 0.29) is 35.9 Å². The summed E-state index contributed by atoms with van der Waals surface area (Å²) < 4.78 is 25.9. The van der Waals surface area contributed by atoms with Gasteiger partial charge in [-0.05, 0) is 43.2 Å². The van der Waals surface area contributed by atoms with Crippen LogP contribution in [0.2, 0.25) is 0 Å². The average Bonchev–Trinajstić information content (AvgIpc) is 2.76. The lowest BCUT2D eigenvalue weighted by atomic mass is 10.1. The van der Waals surface area contributed by atoms with E-state index in [0.29, 0.717) is 51.0 Å². The molecule has 0 saturated carbocycles. The van der Waals surface area contributed by atoms with E-state index in [2.05, 4.69) is 15.6 Å². The Morgan fingerprint density at radius 2 is 1.94 bits per heavy atom. The minimum Gasteiger partial charge on any atom is -0.489 e. The van der Waals surface area contributed by atoms with Crippen molar-refractivity contribution in [2.24, 2.45) is 4.99 Å². The molecule has 1 aliphatic heterocycles. The van der Waals surface area contributed by atoms with Crippen LogP contribution in [0, 0.1) is 12.7 Å². The Balaban J connectivity index is 0.00000341. The monoisotopic (exact) mass is 542 g/mol. The summed E-state index contributed by atoms with van der Waals surface area (Å²) in [6, 6.07) is 13.3. The van der Waals surface area contributed by atoms with Crippen molar-refractivity contribution in [3.63, 3.8) is 0 Å². The molecule has 0 bridgehead atoms. The zero-order chi connectivity index (χ0) is 21.3. The molecule has 1 unspecified atom stereocenters. The number of ether oxygens (including phenoxy) is 2. The molecule has 1 saturated heterocycles. The Labute approximate surface area is 201 Å². The minimum absolute atomic E-state index is 0. The van der Waals surface area contributed by atoms with Gasteiger partial charge in [-0.3, -0.25) is 4.99 Å². The summed E-state index contributed by atoms with van der Waals surface area (Å²) in [5, 5.41) is 6.48. The number of morpholine rings is 1. The SMILES string of the molecule is CN=C(NCc1ccc(N2CCOCC2)c(F)c1)NCC(C)Oc1ccccc1C.I. The van der Waals surface area contributed by atoms with Crippen LogP contribution in [0.25, 0.3) is 0 Å². The molecular weight excluding hydrogens is 510 g/mol. The molecule has 0 amide bonds. The first-order valence-corrected chi connectivity index (χ1v) is 10.3. The number of hydrogen-bond donors (Lipinski definition) is 2. The summed E-state index contributed by atoms with van der Waals surface area (Å²) in [5.74, 6) is 1.32. The number of nitrogens with zero attached hydrogens (tertiary/aromatic N) is 2. The molecule has 1 fully saturated rings. The Hall–Kier alpha value is -2.07. The van der Waals surface area contributed by atoms with Gasteiger partial charge in [0, 0.05) is 26.7 Å². The fraction of sp³-hybridized carbons (Fsp3) is 0.435. The molecule has 2 aromatic rings. The van der Waals surface area contributed by atoms with Gasteiger partial charge in [0.05, 0.1) is 25.4 Å². The van der Waals surface area contributed by atoms with Crippen LogP contribution in [0.1, 0.15) is 18.1 Å². The lowest BCUT2D eigenvalue weighted by molar-refractivity contribution is 0.122. The second kappa shape index (κ2) is 12.7. The molecule has 1 aliphatic rings. The van der Waals surface area contributed by atoms with Crippen molar-refractivity contribution in [2.45, 2.75) is 26.5 Å². The number of para-hydroxylation sites is 1. The fourth-order valence-corrected chi connectivity index (χ4v) is 3.31. The number of anilines is 1. The molecule has 0 aliphatic carbocycles. The second-order valence-corrected chi connectivity index (χ2v) is 7.39. The summed E-state index contributed by atoms with van der Waals surface area (Å²) in [6.45, 7) is 7.81. The van der Waals surface area contributed by atoms with Gasteiger partial charge in [-0.15, -0.1) is 24.0 Å². The topological polar surface area (TPSA) is 58.1 Å². The number of guanidine groups is 1. The smallest absolute Gasteiger partial charge is 0.191 e. The maximum Gasteiger partial charge on any atom is 0.191 e. The van der Waals surface area contributed by atoms with Crippen LogP contribution in [-0.2, 0) is 11.3 Å². The van der Waals surface area contributed by atoms with Crippen LogP contribution in [-0.4, -0.2) is 52.0 Å². The van der Waals surface area contributed by atoms with Gasteiger partial charge in [0.15, 0.2) is 5.96 Å². The minimum atomic E-state index is -0.209. The van der Waals surface area contributed by atoms with Gasteiger partial charge in [-0.2, -0.15) is 0 Å². The Kier molecular flexibility index (Phi) is 10.3. The molecule has 170 valence electrons. The lowest BCUT2D eigenvalue weighted by Crippen LogP contribution is -2.41. The molecule has 31 heavy (non-hydrogen) atoms. The van der Waals surface area contributed by atoms with Gasteiger partial charge in [-0.25, -0.2) is 4.39 Å². The number of aliphatic imine (C=N–C) groups is 1.